The Balaban J connectivity index is 1.87. The lowest BCUT2D eigenvalue weighted by atomic mass is 9.62. The third kappa shape index (κ3) is 2.72. The summed E-state index contributed by atoms with van der Waals surface area (Å²) >= 11 is 0. The maximum Gasteiger partial charge on any atom is 0.159 e. The summed E-state index contributed by atoms with van der Waals surface area (Å²) in [5.74, 6) is 1.00. The Morgan fingerprint density at radius 2 is 1.52 bits per heavy atom. The van der Waals surface area contributed by atoms with Gasteiger partial charge in [-0.2, -0.15) is 0 Å². The minimum Gasteiger partial charge on any atom is -0.492 e. The molecule has 0 N–H and O–H groups in total. The molecule has 0 saturated carbocycles. The third-order valence-electron chi connectivity index (χ3n) is 6.99. The van der Waals surface area contributed by atoms with E-state index in [2.05, 4.69) is 52.8 Å². The van der Waals surface area contributed by atoms with Gasteiger partial charge in [0.1, 0.15) is 12.4 Å². The maximum absolute atomic E-state index is 11.9. The van der Waals surface area contributed by atoms with E-state index in [9.17, 15) is 4.79 Å². The summed E-state index contributed by atoms with van der Waals surface area (Å²) in [6, 6.07) is 12.9. The minimum atomic E-state index is -0.229. The fraction of sp³-hybridized carbons (Fsp3) is 0.480. The fourth-order valence-corrected chi connectivity index (χ4v) is 4.78. The Bertz CT molecular complexity index is 935. The van der Waals surface area contributed by atoms with Crippen LogP contribution in [0.25, 0.3) is 0 Å². The van der Waals surface area contributed by atoms with E-state index in [1.165, 1.54) is 29.5 Å². The van der Waals surface area contributed by atoms with Crippen LogP contribution < -0.4 is 4.74 Å². The number of ketones is 1. The first-order valence-corrected chi connectivity index (χ1v) is 9.98. The molecule has 0 fully saturated rings. The predicted octanol–water partition coefficient (Wildman–Crippen LogP) is 5.94. The monoisotopic (exact) mass is 362 g/mol. The van der Waals surface area contributed by atoms with Crippen LogP contribution in [-0.4, -0.2) is 12.4 Å². The van der Waals surface area contributed by atoms with E-state index in [1.54, 1.807) is 6.92 Å². The number of hydrogen-bond donors (Lipinski definition) is 0. The number of carbonyl (C=O) groups is 1. The molecule has 1 heterocycles. The standard InChI is InChI=1S/C25H30O2/c1-16(26)17-7-10-22-21(13-17)25(6,15-27-22)18-8-9-19-20(14-18)24(4,5)12-11-23(19,2)3/h7-10,13-14H,11-12,15H2,1-6H3. The highest BCUT2D eigenvalue weighted by Crippen LogP contribution is 2.49. The highest BCUT2D eigenvalue weighted by atomic mass is 16.5. The minimum absolute atomic E-state index is 0.0976. The molecule has 0 aromatic heterocycles. The van der Waals surface area contributed by atoms with Crippen molar-refractivity contribution >= 4 is 5.78 Å². The molecule has 0 bridgehead atoms. The summed E-state index contributed by atoms with van der Waals surface area (Å²) in [5, 5.41) is 0. The number of carbonyl (C=O) groups excluding carboxylic acids is 1. The van der Waals surface area contributed by atoms with Gasteiger partial charge in [0.2, 0.25) is 0 Å². The highest BCUT2D eigenvalue weighted by Gasteiger charge is 2.42. The van der Waals surface area contributed by atoms with Gasteiger partial charge in [-0.15, -0.1) is 0 Å². The lowest BCUT2D eigenvalue weighted by molar-refractivity contribution is 0.101. The predicted molar refractivity (Wildman–Crippen MR) is 110 cm³/mol. The molecule has 1 atom stereocenters. The summed E-state index contributed by atoms with van der Waals surface area (Å²) in [7, 11) is 0. The molecule has 27 heavy (non-hydrogen) atoms. The zero-order valence-corrected chi connectivity index (χ0v) is 17.4. The Kier molecular flexibility index (Phi) is 3.86. The summed E-state index contributed by atoms with van der Waals surface area (Å²) in [6.07, 6.45) is 2.42. The van der Waals surface area contributed by atoms with Gasteiger partial charge in [0.05, 0.1) is 5.41 Å². The number of rotatable bonds is 2. The lowest BCUT2D eigenvalue weighted by Crippen LogP contribution is -2.35. The molecule has 0 saturated heterocycles. The van der Waals surface area contributed by atoms with E-state index in [0.717, 1.165) is 16.9 Å². The summed E-state index contributed by atoms with van der Waals surface area (Å²) in [4.78, 5) is 11.9. The fourth-order valence-electron chi connectivity index (χ4n) is 4.78. The van der Waals surface area contributed by atoms with Crippen molar-refractivity contribution in [1.82, 2.24) is 0 Å². The van der Waals surface area contributed by atoms with Crippen LogP contribution in [0.3, 0.4) is 0 Å². The van der Waals surface area contributed by atoms with E-state index in [4.69, 9.17) is 4.74 Å². The smallest absolute Gasteiger partial charge is 0.159 e. The summed E-state index contributed by atoms with van der Waals surface area (Å²) in [5.41, 5.74) is 6.28. The first-order valence-electron chi connectivity index (χ1n) is 9.98. The largest absolute Gasteiger partial charge is 0.492 e. The van der Waals surface area contributed by atoms with Crippen LogP contribution in [0.1, 0.15) is 87.0 Å². The molecule has 2 nitrogen and oxygen atoms in total. The molecule has 2 aromatic carbocycles. The number of benzene rings is 2. The average Bonchev–Trinajstić information content (AvgIpc) is 2.96. The van der Waals surface area contributed by atoms with Crippen molar-refractivity contribution in [2.45, 2.75) is 70.6 Å². The van der Waals surface area contributed by atoms with Crippen LogP contribution in [0, 0.1) is 0 Å². The quantitative estimate of drug-likeness (QED) is 0.618. The SMILES string of the molecule is CC(=O)c1ccc2c(c1)C(C)(c1ccc3c(c1)C(C)(C)CCC3(C)C)CO2. The lowest BCUT2D eigenvalue weighted by Gasteiger charge is -2.42. The molecule has 1 unspecified atom stereocenters. The van der Waals surface area contributed by atoms with Crippen molar-refractivity contribution in [1.29, 1.82) is 0 Å². The van der Waals surface area contributed by atoms with Crippen molar-refractivity contribution in [3.8, 4) is 5.75 Å². The Hall–Kier alpha value is -2.09. The number of hydrogen-bond acceptors (Lipinski definition) is 2. The third-order valence-corrected chi connectivity index (χ3v) is 6.99. The second-order valence-corrected chi connectivity index (χ2v) is 9.92. The van der Waals surface area contributed by atoms with Gasteiger partial charge in [-0.1, -0.05) is 45.9 Å². The van der Waals surface area contributed by atoms with Crippen molar-refractivity contribution < 1.29 is 9.53 Å². The molecule has 1 aliphatic carbocycles. The number of Topliss-reactive ketones (excluding diaryl/α,β-unsaturated/α-hetero) is 1. The van der Waals surface area contributed by atoms with Gasteiger partial charge in [0.25, 0.3) is 0 Å². The van der Waals surface area contributed by atoms with Crippen LogP contribution in [0.5, 0.6) is 5.75 Å². The van der Waals surface area contributed by atoms with Gasteiger partial charge >= 0.3 is 0 Å². The zero-order valence-electron chi connectivity index (χ0n) is 17.4. The van der Waals surface area contributed by atoms with E-state index < -0.39 is 0 Å². The molecular weight excluding hydrogens is 332 g/mol. The normalized spacial score (nSPS) is 24.7. The molecular formula is C25H30O2. The molecule has 0 spiro atoms. The van der Waals surface area contributed by atoms with Gasteiger partial charge in [-0.3, -0.25) is 4.79 Å². The van der Waals surface area contributed by atoms with Crippen molar-refractivity contribution in [3.05, 3.63) is 64.2 Å². The second-order valence-electron chi connectivity index (χ2n) is 9.92. The number of fused-ring (bicyclic) bond motifs is 2. The van der Waals surface area contributed by atoms with Gasteiger partial charge in [0, 0.05) is 11.1 Å². The Labute approximate surface area is 162 Å². The zero-order chi connectivity index (χ0) is 19.6. The molecule has 142 valence electrons. The van der Waals surface area contributed by atoms with E-state index in [1.807, 2.05) is 18.2 Å². The van der Waals surface area contributed by atoms with Crippen molar-refractivity contribution in [2.24, 2.45) is 0 Å². The Morgan fingerprint density at radius 1 is 0.852 bits per heavy atom. The maximum atomic E-state index is 11.9. The molecule has 0 amide bonds. The van der Waals surface area contributed by atoms with Crippen LogP contribution >= 0.6 is 0 Å². The van der Waals surface area contributed by atoms with Crippen molar-refractivity contribution in [3.63, 3.8) is 0 Å². The average molecular weight is 363 g/mol. The van der Waals surface area contributed by atoms with Crippen LogP contribution in [-0.2, 0) is 16.2 Å². The van der Waals surface area contributed by atoms with Gasteiger partial charge in [0.15, 0.2) is 5.78 Å². The van der Waals surface area contributed by atoms with E-state index >= 15 is 0 Å². The Morgan fingerprint density at radius 3 is 2.19 bits per heavy atom. The molecule has 2 aliphatic rings. The van der Waals surface area contributed by atoms with Crippen molar-refractivity contribution in [2.75, 3.05) is 6.61 Å². The van der Waals surface area contributed by atoms with E-state index in [0.29, 0.717) is 6.61 Å². The first kappa shape index (κ1) is 18.3. The van der Waals surface area contributed by atoms with E-state index in [-0.39, 0.29) is 22.0 Å². The molecule has 2 aromatic rings. The first-order chi connectivity index (χ1) is 12.5. The van der Waals surface area contributed by atoms with Gasteiger partial charge in [-0.05, 0) is 72.4 Å². The molecule has 1 aliphatic heterocycles. The van der Waals surface area contributed by atoms with Crippen LogP contribution in [0.4, 0.5) is 0 Å². The van der Waals surface area contributed by atoms with Crippen LogP contribution in [0.2, 0.25) is 0 Å². The molecule has 0 radical (unpaired) electrons. The molecule has 4 rings (SSSR count). The second kappa shape index (κ2) is 5.70. The van der Waals surface area contributed by atoms with Gasteiger partial charge in [-0.25, -0.2) is 0 Å². The van der Waals surface area contributed by atoms with Crippen LogP contribution in [0.15, 0.2) is 36.4 Å². The topological polar surface area (TPSA) is 26.3 Å². The number of ether oxygens (including phenoxy) is 1. The summed E-state index contributed by atoms with van der Waals surface area (Å²) < 4.78 is 6.03. The highest BCUT2D eigenvalue weighted by molar-refractivity contribution is 5.94. The molecule has 2 heteroatoms. The van der Waals surface area contributed by atoms with Gasteiger partial charge < -0.3 is 4.74 Å². The summed E-state index contributed by atoms with van der Waals surface area (Å²) in [6.45, 7) is 13.9.